The van der Waals surface area contributed by atoms with Gasteiger partial charge >= 0.3 is 0 Å². The number of hydrogen-bond donors (Lipinski definition) is 0. The number of carbonyl (C=O) groups is 2. The fourth-order valence-corrected chi connectivity index (χ4v) is 4.35. The van der Waals surface area contributed by atoms with Crippen molar-refractivity contribution in [2.75, 3.05) is 11.4 Å². The number of aldehydes is 1. The maximum atomic E-state index is 13.0. The van der Waals surface area contributed by atoms with Crippen LogP contribution in [-0.4, -0.2) is 30.4 Å². The quantitative estimate of drug-likeness (QED) is 0.632. The largest absolute Gasteiger partial charge is 0.360 e. The highest BCUT2D eigenvalue weighted by Crippen LogP contribution is 2.52. The molecule has 4 heteroatoms. The molecule has 1 amide bonds. The van der Waals surface area contributed by atoms with Crippen molar-refractivity contribution in [1.29, 1.82) is 0 Å². The lowest BCUT2D eigenvalue weighted by Gasteiger charge is -2.22. The minimum Gasteiger partial charge on any atom is -0.360 e. The smallest absolute Gasteiger partial charge is 0.234 e. The van der Waals surface area contributed by atoms with Gasteiger partial charge in [-0.15, -0.1) is 0 Å². The number of rotatable bonds is 2. The monoisotopic (exact) mass is 305 g/mol. The molecule has 2 aromatic rings. The Morgan fingerprint density at radius 1 is 1.17 bits per heavy atom. The summed E-state index contributed by atoms with van der Waals surface area (Å²) in [4.78, 5) is 26.3. The topological polar surface area (TPSA) is 46.6 Å². The summed E-state index contributed by atoms with van der Waals surface area (Å²) in [5.74, 6) is -0.772. The van der Waals surface area contributed by atoms with Crippen LogP contribution in [-0.2, 0) is 14.3 Å². The van der Waals surface area contributed by atoms with Crippen LogP contribution in [0.4, 0.5) is 5.69 Å². The fourth-order valence-electron chi connectivity index (χ4n) is 4.35. The van der Waals surface area contributed by atoms with E-state index in [-0.39, 0.29) is 17.9 Å². The van der Waals surface area contributed by atoms with Gasteiger partial charge in [0, 0.05) is 5.39 Å². The molecule has 4 atom stereocenters. The van der Waals surface area contributed by atoms with Crippen LogP contribution in [0.3, 0.4) is 0 Å². The Labute approximate surface area is 133 Å². The van der Waals surface area contributed by atoms with Crippen molar-refractivity contribution in [3.05, 3.63) is 54.6 Å². The number of fused-ring (bicyclic) bond motifs is 2. The molecule has 0 aliphatic carbocycles. The number of carbonyl (C=O) groups excluding carboxylic acids is 2. The third-order valence-corrected chi connectivity index (χ3v) is 5.37. The molecule has 114 valence electrons. The summed E-state index contributed by atoms with van der Waals surface area (Å²) >= 11 is 0. The maximum absolute atomic E-state index is 13.0. The molecule has 5 rings (SSSR count). The normalized spacial score (nSPS) is 34.3. The van der Waals surface area contributed by atoms with Gasteiger partial charge in [-0.2, -0.15) is 0 Å². The van der Waals surface area contributed by atoms with E-state index in [0.717, 1.165) is 22.7 Å². The standard InChI is InChI=1S/C19H15NO3/c21-10-14-16-8-9-19(23-16)11-20(18(22)17(14)19)15-7-3-5-12-4-1-2-6-13(12)15/h1-10,14,16-17H,11H2/t14-,16-,17+,19-/m0/s1. The molecule has 2 saturated heterocycles. The highest BCUT2D eigenvalue weighted by Gasteiger charge is 2.65. The summed E-state index contributed by atoms with van der Waals surface area (Å²) in [6.45, 7) is 0.474. The Hall–Kier alpha value is -2.46. The van der Waals surface area contributed by atoms with Gasteiger partial charge in [0.05, 0.1) is 30.2 Å². The molecule has 0 unspecified atom stereocenters. The first-order chi connectivity index (χ1) is 11.2. The number of nitrogens with zero attached hydrogens (tertiary/aromatic N) is 1. The van der Waals surface area contributed by atoms with Crippen LogP contribution in [0.5, 0.6) is 0 Å². The molecule has 0 radical (unpaired) electrons. The molecule has 0 aromatic heterocycles. The molecule has 1 spiro atoms. The van der Waals surface area contributed by atoms with Crippen LogP contribution in [0.2, 0.25) is 0 Å². The van der Waals surface area contributed by atoms with Gasteiger partial charge in [-0.1, -0.05) is 48.6 Å². The first kappa shape index (κ1) is 13.0. The third kappa shape index (κ3) is 1.54. The van der Waals surface area contributed by atoms with Gasteiger partial charge < -0.3 is 14.4 Å². The molecule has 3 aliphatic rings. The first-order valence-corrected chi connectivity index (χ1v) is 7.85. The van der Waals surface area contributed by atoms with Crippen LogP contribution in [0, 0.1) is 11.8 Å². The van der Waals surface area contributed by atoms with E-state index in [4.69, 9.17) is 4.74 Å². The van der Waals surface area contributed by atoms with Gasteiger partial charge in [0.15, 0.2) is 0 Å². The summed E-state index contributed by atoms with van der Waals surface area (Å²) in [7, 11) is 0. The molecular weight excluding hydrogens is 290 g/mol. The Bertz CT molecular complexity index is 869. The molecule has 3 heterocycles. The zero-order valence-electron chi connectivity index (χ0n) is 12.4. The van der Waals surface area contributed by atoms with Gasteiger partial charge in [-0.25, -0.2) is 0 Å². The number of amides is 1. The van der Waals surface area contributed by atoms with E-state index in [9.17, 15) is 9.59 Å². The van der Waals surface area contributed by atoms with Gasteiger partial charge in [0.1, 0.15) is 11.9 Å². The van der Waals surface area contributed by atoms with E-state index in [2.05, 4.69) is 0 Å². The third-order valence-electron chi connectivity index (χ3n) is 5.37. The predicted molar refractivity (Wildman–Crippen MR) is 86.1 cm³/mol. The second-order valence-corrected chi connectivity index (χ2v) is 6.51. The van der Waals surface area contributed by atoms with Crippen molar-refractivity contribution in [3.8, 4) is 0 Å². The number of anilines is 1. The Morgan fingerprint density at radius 3 is 2.87 bits per heavy atom. The number of hydrogen-bond acceptors (Lipinski definition) is 3. The molecule has 2 aromatic carbocycles. The second-order valence-electron chi connectivity index (χ2n) is 6.51. The van der Waals surface area contributed by atoms with Crippen LogP contribution >= 0.6 is 0 Å². The summed E-state index contributed by atoms with van der Waals surface area (Å²) < 4.78 is 6.02. The fraction of sp³-hybridized carbons (Fsp3) is 0.263. The van der Waals surface area contributed by atoms with Crippen molar-refractivity contribution >= 4 is 28.7 Å². The Morgan fingerprint density at radius 2 is 2.00 bits per heavy atom. The molecule has 2 bridgehead atoms. The summed E-state index contributed by atoms with van der Waals surface area (Å²) in [6.07, 6.45) is 4.54. The van der Waals surface area contributed by atoms with Crippen molar-refractivity contribution in [3.63, 3.8) is 0 Å². The highest BCUT2D eigenvalue weighted by molar-refractivity contribution is 6.08. The van der Waals surface area contributed by atoms with E-state index in [1.54, 1.807) is 4.90 Å². The first-order valence-electron chi connectivity index (χ1n) is 7.85. The van der Waals surface area contributed by atoms with Gasteiger partial charge in [0.2, 0.25) is 5.91 Å². The van der Waals surface area contributed by atoms with Crippen LogP contribution in [0.25, 0.3) is 10.8 Å². The number of ether oxygens (including phenoxy) is 1. The van der Waals surface area contributed by atoms with E-state index >= 15 is 0 Å². The summed E-state index contributed by atoms with van der Waals surface area (Å²) in [5.41, 5.74) is 0.256. The predicted octanol–water partition coefficient (Wildman–Crippen LogP) is 2.33. The van der Waals surface area contributed by atoms with E-state index in [0.29, 0.717) is 6.54 Å². The van der Waals surface area contributed by atoms with Crippen LogP contribution < -0.4 is 4.90 Å². The van der Waals surface area contributed by atoms with Crippen molar-refractivity contribution in [2.24, 2.45) is 11.8 Å². The molecule has 0 N–H and O–H groups in total. The Kier molecular flexibility index (Phi) is 2.43. The number of benzene rings is 2. The maximum Gasteiger partial charge on any atom is 0.234 e. The molecule has 3 aliphatic heterocycles. The molecular formula is C19H15NO3. The van der Waals surface area contributed by atoms with Crippen molar-refractivity contribution in [2.45, 2.75) is 11.7 Å². The van der Waals surface area contributed by atoms with Gasteiger partial charge in [-0.05, 0) is 11.5 Å². The Balaban J connectivity index is 1.64. The molecule has 4 nitrogen and oxygen atoms in total. The average Bonchev–Trinajstić information content (AvgIpc) is 3.22. The molecule has 0 saturated carbocycles. The van der Waals surface area contributed by atoms with Gasteiger partial charge in [-0.3, -0.25) is 4.79 Å². The SMILES string of the molecule is O=C[C@H]1[C@@H]2C=C[C@@]3(CN(c4cccc5ccccc45)C(=O)[C@@H]13)O2. The van der Waals surface area contributed by atoms with Crippen LogP contribution in [0.15, 0.2) is 54.6 Å². The lowest BCUT2D eigenvalue weighted by molar-refractivity contribution is -0.125. The van der Waals surface area contributed by atoms with Crippen molar-refractivity contribution in [1.82, 2.24) is 0 Å². The van der Waals surface area contributed by atoms with E-state index < -0.39 is 11.5 Å². The van der Waals surface area contributed by atoms with E-state index in [1.165, 1.54) is 0 Å². The minimum absolute atomic E-state index is 0.00898. The van der Waals surface area contributed by atoms with E-state index in [1.807, 2.05) is 54.6 Å². The zero-order chi connectivity index (χ0) is 15.6. The summed E-state index contributed by atoms with van der Waals surface area (Å²) in [6, 6.07) is 14.0. The van der Waals surface area contributed by atoms with Crippen molar-refractivity contribution < 1.29 is 14.3 Å². The molecule has 2 fully saturated rings. The second kappa shape index (κ2) is 4.30. The summed E-state index contributed by atoms with van der Waals surface area (Å²) in [5, 5.41) is 2.14. The zero-order valence-corrected chi connectivity index (χ0v) is 12.4. The molecule has 23 heavy (non-hydrogen) atoms. The minimum atomic E-state index is -0.635. The lowest BCUT2D eigenvalue weighted by Crippen LogP contribution is -2.36. The average molecular weight is 305 g/mol. The van der Waals surface area contributed by atoms with Gasteiger partial charge in [0.25, 0.3) is 0 Å². The highest BCUT2D eigenvalue weighted by atomic mass is 16.5. The van der Waals surface area contributed by atoms with Crippen LogP contribution in [0.1, 0.15) is 0 Å². The lowest BCUT2D eigenvalue weighted by atomic mass is 9.78.